The van der Waals surface area contributed by atoms with E-state index < -0.39 is 0 Å². The first kappa shape index (κ1) is 21.9. The molecule has 4 rings (SSSR count). The fourth-order valence-corrected chi connectivity index (χ4v) is 5.46. The third-order valence-corrected chi connectivity index (χ3v) is 7.21. The lowest BCUT2D eigenvalue weighted by Gasteiger charge is -2.32. The van der Waals surface area contributed by atoms with E-state index in [4.69, 9.17) is 4.74 Å². The number of rotatable bonds is 7. The van der Waals surface area contributed by atoms with Gasteiger partial charge >= 0.3 is 0 Å². The topological polar surface area (TPSA) is 69.1 Å². The van der Waals surface area contributed by atoms with Crippen LogP contribution in [0.2, 0.25) is 0 Å². The molecule has 7 nitrogen and oxygen atoms in total. The maximum Gasteiger partial charge on any atom is 0.238 e. The summed E-state index contributed by atoms with van der Waals surface area (Å²) >= 11 is 1.60. The molecule has 0 radical (unpaired) electrons. The van der Waals surface area contributed by atoms with Crippen molar-refractivity contribution in [1.29, 1.82) is 0 Å². The number of carbonyl (C=O) groups is 1. The molecule has 1 N–H and O–H groups in total. The summed E-state index contributed by atoms with van der Waals surface area (Å²) in [6, 6.07) is 7.45. The number of benzene rings is 1. The first-order valence-corrected chi connectivity index (χ1v) is 11.8. The fraction of sp³-hybridized carbons (Fsp3) is 0.478. The first-order chi connectivity index (χ1) is 15.1. The summed E-state index contributed by atoms with van der Waals surface area (Å²) in [7, 11) is 3.72. The molecule has 2 fully saturated rings. The average Bonchev–Trinajstić information content (AvgIpc) is 3.17. The molecule has 1 aromatic heterocycles. The van der Waals surface area contributed by atoms with Gasteiger partial charge in [-0.1, -0.05) is 0 Å². The third kappa shape index (κ3) is 4.97. The Labute approximate surface area is 188 Å². The highest BCUT2D eigenvalue weighted by molar-refractivity contribution is 8.00. The maximum absolute atomic E-state index is 12.7. The van der Waals surface area contributed by atoms with Gasteiger partial charge in [-0.25, -0.2) is 0 Å². The summed E-state index contributed by atoms with van der Waals surface area (Å²) in [6.45, 7) is 5.44. The second-order valence-corrected chi connectivity index (χ2v) is 9.18. The van der Waals surface area contributed by atoms with Crippen LogP contribution in [-0.4, -0.2) is 78.4 Å². The molecule has 2 aromatic rings. The number of thioether (sulfide) groups is 1. The number of aryl methyl sites for hydroxylation is 1. The molecule has 0 spiro atoms. The lowest BCUT2D eigenvalue weighted by Crippen LogP contribution is -2.44. The van der Waals surface area contributed by atoms with Crippen molar-refractivity contribution in [2.45, 2.75) is 18.2 Å². The summed E-state index contributed by atoms with van der Waals surface area (Å²) in [5.41, 5.74) is 2.87. The quantitative estimate of drug-likeness (QED) is 0.707. The van der Waals surface area contributed by atoms with Gasteiger partial charge in [-0.3, -0.25) is 14.7 Å². The summed E-state index contributed by atoms with van der Waals surface area (Å²) in [4.78, 5) is 23.6. The van der Waals surface area contributed by atoms with Crippen molar-refractivity contribution >= 4 is 23.4 Å². The molecule has 8 heteroatoms. The normalized spacial score (nSPS) is 20.4. The summed E-state index contributed by atoms with van der Waals surface area (Å²) < 4.78 is 5.39. The minimum atomic E-state index is -0.162. The molecule has 3 heterocycles. The Balaban J connectivity index is 1.56. The highest BCUT2D eigenvalue weighted by atomic mass is 32.2. The van der Waals surface area contributed by atoms with Crippen molar-refractivity contribution in [3.63, 3.8) is 0 Å². The number of nitrogens with zero attached hydrogens (tertiary/aromatic N) is 4. The number of piperazine rings is 1. The van der Waals surface area contributed by atoms with Crippen LogP contribution in [0.1, 0.15) is 22.9 Å². The Morgan fingerprint density at radius 1 is 1.26 bits per heavy atom. The molecule has 2 aliphatic heterocycles. The molecule has 31 heavy (non-hydrogen) atoms. The lowest BCUT2D eigenvalue weighted by atomic mass is 10.00. The van der Waals surface area contributed by atoms with E-state index in [1.807, 2.05) is 29.2 Å². The molecule has 0 aliphatic carbocycles. The second-order valence-electron chi connectivity index (χ2n) is 8.11. The van der Waals surface area contributed by atoms with Gasteiger partial charge in [-0.2, -0.15) is 0 Å². The number of pyridine rings is 1. The second kappa shape index (κ2) is 9.89. The number of likely N-dealkylation sites (N-methyl/N-ethyl adjacent to an activating group) is 1. The number of carbonyl (C=O) groups excluding carboxylic acids is 1. The highest BCUT2D eigenvalue weighted by Gasteiger charge is 2.36. The molecule has 0 bridgehead atoms. The Kier molecular flexibility index (Phi) is 6.99. The van der Waals surface area contributed by atoms with E-state index in [-0.39, 0.29) is 17.0 Å². The summed E-state index contributed by atoms with van der Waals surface area (Å²) in [5, 5.41) is 10.3. The SMILES string of the molecule is COc1cc([C@H]2SCC(=O)N2c2cccnc2)c(CCCN2CCN(C)CC2)cc1O. The van der Waals surface area contributed by atoms with Gasteiger partial charge in [0.25, 0.3) is 0 Å². The average molecular weight is 443 g/mol. The lowest BCUT2D eigenvalue weighted by molar-refractivity contribution is -0.115. The highest BCUT2D eigenvalue weighted by Crippen LogP contribution is 2.45. The van der Waals surface area contributed by atoms with Crippen molar-refractivity contribution < 1.29 is 14.6 Å². The van der Waals surface area contributed by atoms with E-state index in [1.54, 1.807) is 31.3 Å². The number of ether oxygens (including phenoxy) is 1. The van der Waals surface area contributed by atoms with Crippen LogP contribution in [0, 0.1) is 0 Å². The number of hydrogen-bond donors (Lipinski definition) is 1. The molecule has 2 saturated heterocycles. The molecular weight excluding hydrogens is 412 g/mol. The van der Waals surface area contributed by atoms with Gasteiger partial charge in [0.05, 0.1) is 24.7 Å². The van der Waals surface area contributed by atoms with E-state index in [0.29, 0.717) is 11.5 Å². The van der Waals surface area contributed by atoms with Gasteiger partial charge in [-0.15, -0.1) is 11.8 Å². The number of hydrogen-bond acceptors (Lipinski definition) is 7. The van der Waals surface area contributed by atoms with Gasteiger partial charge in [0.2, 0.25) is 5.91 Å². The molecule has 0 saturated carbocycles. The van der Waals surface area contributed by atoms with Crippen LogP contribution in [0.15, 0.2) is 36.7 Å². The fourth-order valence-electron chi connectivity index (χ4n) is 4.23. The number of phenolic OH excluding ortho intramolecular Hbond substituents is 1. The Morgan fingerprint density at radius 3 is 2.77 bits per heavy atom. The molecule has 1 aromatic carbocycles. The van der Waals surface area contributed by atoms with E-state index in [0.717, 1.165) is 62.4 Å². The van der Waals surface area contributed by atoms with Gasteiger partial charge in [-0.05, 0) is 61.8 Å². The summed E-state index contributed by atoms with van der Waals surface area (Å²) in [5.74, 6) is 1.06. The van der Waals surface area contributed by atoms with Gasteiger partial charge in [0.15, 0.2) is 11.5 Å². The molecule has 0 unspecified atom stereocenters. The van der Waals surface area contributed by atoms with Crippen molar-refractivity contribution in [2.24, 2.45) is 0 Å². The van der Waals surface area contributed by atoms with Gasteiger partial charge in [0, 0.05) is 32.4 Å². The number of anilines is 1. The van der Waals surface area contributed by atoms with Crippen molar-refractivity contribution in [3.05, 3.63) is 47.8 Å². The molecule has 166 valence electrons. The van der Waals surface area contributed by atoms with Crippen LogP contribution in [-0.2, 0) is 11.2 Å². The predicted octanol–water partition coefficient (Wildman–Crippen LogP) is 2.75. The van der Waals surface area contributed by atoms with Crippen LogP contribution in [0.5, 0.6) is 11.5 Å². The third-order valence-electron chi connectivity index (χ3n) is 6.02. The molecule has 1 amide bonds. The van der Waals surface area contributed by atoms with Crippen molar-refractivity contribution in [2.75, 3.05) is 57.5 Å². The number of aromatic hydroxyl groups is 1. The van der Waals surface area contributed by atoms with Crippen LogP contribution >= 0.6 is 11.8 Å². The van der Waals surface area contributed by atoms with Crippen LogP contribution in [0.4, 0.5) is 5.69 Å². The van der Waals surface area contributed by atoms with Crippen LogP contribution < -0.4 is 9.64 Å². The number of amides is 1. The van der Waals surface area contributed by atoms with Crippen LogP contribution in [0.25, 0.3) is 0 Å². The largest absolute Gasteiger partial charge is 0.504 e. The summed E-state index contributed by atoms with van der Waals surface area (Å²) in [6.07, 6.45) is 5.27. The van der Waals surface area contributed by atoms with E-state index in [2.05, 4.69) is 21.8 Å². The van der Waals surface area contributed by atoms with Crippen molar-refractivity contribution in [3.8, 4) is 11.5 Å². The number of phenols is 1. The first-order valence-electron chi connectivity index (χ1n) is 10.7. The van der Waals surface area contributed by atoms with Gasteiger partial charge < -0.3 is 19.6 Å². The standard InChI is InChI=1S/C23H30N4O3S/c1-25-9-11-26(12-10-25)8-4-5-17-13-20(28)21(30-2)14-19(17)23-27(22(29)16-31-23)18-6-3-7-24-15-18/h3,6-7,13-15,23,28H,4-5,8-12,16H2,1-2H3/t23-/m1/s1. The van der Waals surface area contributed by atoms with E-state index in [1.165, 1.54) is 0 Å². The number of aromatic nitrogens is 1. The van der Waals surface area contributed by atoms with Crippen LogP contribution in [0.3, 0.4) is 0 Å². The molecule has 1 atom stereocenters. The number of methoxy groups -OCH3 is 1. The Morgan fingerprint density at radius 2 is 2.06 bits per heavy atom. The van der Waals surface area contributed by atoms with Crippen molar-refractivity contribution in [1.82, 2.24) is 14.8 Å². The Bertz CT molecular complexity index is 903. The zero-order chi connectivity index (χ0) is 21.8. The van der Waals surface area contributed by atoms with Gasteiger partial charge in [0.1, 0.15) is 5.37 Å². The van der Waals surface area contributed by atoms with E-state index >= 15 is 0 Å². The zero-order valence-corrected chi connectivity index (χ0v) is 19.0. The maximum atomic E-state index is 12.7. The smallest absolute Gasteiger partial charge is 0.238 e. The predicted molar refractivity (Wildman–Crippen MR) is 124 cm³/mol. The molecular formula is C23H30N4O3S. The molecule has 2 aliphatic rings. The monoisotopic (exact) mass is 442 g/mol. The Hall–Kier alpha value is -2.29. The minimum absolute atomic E-state index is 0.0680. The zero-order valence-electron chi connectivity index (χ0n) is 18.2. The minimum Gasteiger partial charge on any atom is -0.504 e. The van der Waals surface area contributed by atoms with E-state index in [9.17, 15) is 9.90 Å².